The van der Waals surface area contributed by atoms with Gasteiger partial charge in [0.1, 0.15) is 12.6 Å². The van der Waals surface area contributed by atoms with Crippen LogP contribution in [0.2, 0.25) is 0 Å². The third-order valence-corrected chi connectivity index (χ3v) is 3.83. The fraction of sp³-hybridized carbons (Fsp3) is 0.800. The highest BCUT2D eigenvalue weighted by molar-refractivity contribution is 7.85. The normalized spacial score (nSPS) is 18.8. The van der Waals surface area contributed by atoms with Crippen LogP contribution in [0.15, 0.2) is 0 Å². The van der Waals surface area contributed by atoms with Gasteiger partial charge in [-0.1, -0.05) is 0 Å². The van der Waals surface area contributed by atoms with Gasteiger partial charge in [0.2, 0.25) is 5.91 Å². The highest BCUT2D eigenvalue weighted by Gasteiger charge is 2.25. The first-order valence-electron chi connectivity index (χ1n) is 6.10. The van der Waals surface area contributed by atoms with Gasteiger partial charge in [0.25, 0.3) is 0 Å². The van der Waals surface area contributed by atoms with Crippen molar-refractivity contribution in [3.63, 3.8) is 0 Å². The summed E-state index contributed by atoms with van der Waals surface area (Å²) in [6, 6.07) is 0. The van der Waals surface area contributed by atoms with Crippen LogP contribution in [-0.4, -0.2) is 79.4 Å². The highest BCUT2D eigenvalue weighted by atomic mass is 32.2. The van der Waals surface area contributed by atoms with Gasteiger partial charge in [0.15, 0.2) is 0 Å². The molecule has 0 aliphatic carbocycles. The maximum absolute atomic E-state index is 11.5. The summed E-state index contributed by atoms with van der Waals surface area (Å²) >= 11 is 0. The number of carbonyl (C=O) groups excluding carboxylic acids is 2. The molecular weight excluding hydrogens is 292 g/mol. The number of carboxylic acids is 1. The number of amides is 1. The summed E-state index contributed by atoms with van der Waals surface area (Å²) in [5.41, 5.74) is 0. The van der Waals surface area contributed by atoms with Crippen LogP contribution in [0.1, 0.15) is 6.42 Å². The molecule has 1 atom stereocenters. The van der Waals surface area contributed by atoms with Crippen LogP contribution in [0.4, 0.5) is 0 Å². The minimum atomic E-state index is -4.46. The van der Waals surface area contributed by atoms with E-state index in [1.54, 1.807) is 0 Å². The van der Waals surface area contributed by atoms with Crippen molar-refractivity contribution >= 4 is 22.0 Å². The fourth-order valence-corrected chi connectivity index (χ4v) is 2.73. The van der Waals surface area contributed by atoms with Crippen LogP contribution in [0.5, 0.6) is 0 Å². The average molecular weight is 309 g/mol. The van der Waals surface area contributed by atoms with E-state index in [1.165, 1.54) is 4.90 Å². The predicted octanol–water partition coefficient (Wildman–Crippen LogP) is -5.24. The molecule has 10 heteroatoms. The average Bonchev–Trinajstić information content (AvgIpc) is 2.26. The molecule has 1 amide bonds. The number of aliphatic hydroxyl groups excluding tert-OH is 1. The van der Waals surface area contributed by atoms with Crippen LogP contribution in [-0.2, 0) is 19.7 Å². The Morgan fingerprint density at radius 3 is 2.30 bits per heavy atom. The number of carboxylic acid groups (broad SMARTS) is 1. The van der Waals surface area contributed by atoms with E-state index in [0.29, 0.717) is 26.2 Å². The Morgan fingerprint density at radius 2 is 1.85 bits per heavy atom. The molecule has 1 saturated heterocycles. The lowest BCUT2D eigenvalue weighted by atomic mass is 10.2. The van der Waals surface area contributed by atoms with E-state index < -0.39 is 40.3 Å². The SMILES string of the molecule is O=C([O-])CC(=O)N1CC[NH+](C[C@@H](O)CS(=O)(=O)[O-])CC1. The van der Waals surface area contributed by atoms with E-state index in [4.69, 9.17) is 0 Å². The molecule has 0 saturated carbocycles. The van der Waals surface area contributed by atoms with Crippen LogP contribution in [0.3, 0.4) is 0 Å². The van der Waals surface area contributed by atoms with Crippen LogP contribution < -0.4 is 10.0 Å². The summed E-state index contributed by atoms with van der Waals surface area (Å²) in [6.45, 7) is 1.64. The van der Waals surface area contributed by atoms with Crippen molar-refractivity contribution in [3.05, 3.63) is 0 Å². The molecular formula is C10H17N2O7S-. The Morgan fingerprint density at radius 1 is 1.30 bits per heavy atom. The summed E-state index contributed by atoms with van der Waals surface area (Å²) < 4.78 is 31.5. The van der Waals surface area contributed by atoms with Crippen LogP contribution >= 0.6 is 0 Å². The van der Waals surface area contributed by atoms with E-state index in [1.807, 2.05) is 0 Å². The first-order chi connectivity index (χ1) is 9.17. The molecule has 9 nitrogen and oxygen atoms in total. The summed E-state index contributed by atoms with van der Waals surface area (Å²) in [5.74, 6) is -2.78. The van der Waals surface area contributed by atoms with Crippen LogP contribution in [0, 0.1) is 0 Å². The monoisotopic (exact) mass is 309 g/mol. The minimum Gasteiger partial charge on any atom is -0.748 e. The zero-order chi connectivity index (χ0) is 15.3. The third-order valence-electron chi connectivity index (χ3n) is 3.04. The zero-order valence-corrected chi connectivity index (χ0v) is 11.6. The standard InChI is InChI=1S/C10H18N2O7S/c13-8(7-20(17,18)19)6-11-1-3-12(4-2-11)9(14)5-10(15)16/h8,13H,1-7H2,(H,15,16)(H,17,18,19)/p-1/t8-/m1/s1. The van der Waals surface area contributed by atoms with Gasteiger partial charge in [-0.25, -0.2) is 8.42 Å². The molecule has 1 heterocycles. The van der Waals surface area contributed by atoms with Gasteiger partial charge in [-0.2, -0.15) is 0 Å². The summed E-state index contributed by atoms with van der Waals surface area (Å²) in [4.78, 5) is 24.0. The Kier molecular flexibility index (Phi) is 5.87. The predicted molar refractivity (Wildman–Crippen MR) is 62.3 cm³/mol. The van der Waals surface area contributed by atoms with Crippen molar-refractivity contribution in [1.82, 2.24) is 4.90 Å². The lowest BCUT2D eigenvalue weighted by Gasteiger charge is -2.33. The highest BCUT2D eigenvalue weighted by Crippen LogP contribution is 1.95. The number of aliphatic hydroxyl groups is 1. The van der Waals surface area contributed by atoms with E-state index in [2.05, 4.69) is 0 Å². The molecule has 0 aromatic carbocycles. The van der Waals surface area contributed by atoms with Crippen LogP contribution in [0.25, 0.3) is 0 Å². The number of nitrogens with zero attached hydrogens (tertiary/aromatic N) is 1. The molecule has 2 N–H and O–H groups in total. The number of nitrogens with one attached hydrogen (secondary N) is 1. The van der Waals surface area contributed by atoms with Crippen molar-refractivity contribution in [2.75, 3.05) is 38.5 Å². The van der Waals surface area contributed by atoms with Gasteiger partial charge >= 0.3 is 0 Å². The summed E-state index contributed by atoms with van der Waals surface area (Å²) in [7, 11) is -4.46. The molecule has 0 spiro atoms. The molecule has 0 bridgehead atoms. The second-order valence-electron chi connectivity index (χ2n) is 4.76. The number of hydrogen-bond donors (Lipinski definition) is 2. The second-order valence-corrected chi connectivity index (χ2v) is 6.21. The maximum Gasteiger partial charge on any atom is 0.228 e. The number of piperazine rings is 1. The number of carbonyl (C=O) groups is 2. The van der Waals surface area contributed by atoms with E-state index in [0.717, 1.165) is 4.90 Å². The first-order valence-corrected chi connectivity index (χ1v) is 7.68. The quantitative estimate of drug-likeness (QED) is 0.368. The van der Waals surface area contributed by atoms with E-state index >= 15 is 0 Å². The number of aliphatic carboxylic acids is 1. The molecule has 0 radical (unpaired) electrons. The zero-order valence-electron chi connectivity index (χ0n) is 10.8. The molecule has 116 valence electrons. The van der Waals surface area contributed by atoms with Gasteiger partial charge in [-0.05, 0) is 0 Å². The molecule has 0 aromatic rings. The van der Waals surface area contributed by atoms with Gasteiger partial charge in [-0.3, -0.25) is 4.79 Å². The van der Waals surface area contributed by atoms with Crippen molar-refractivity contribution in [3.8, 4) is 0 Å². The number of hydrogen-bond acceptors (Lipinski definition) is 7. The minimum absolute atomic E-state index is 0.101. The summed E-state index contributed by atoms with van der Waals surface area (Å²) in [5, 5.41) is 19.8. The van der Waals surface area contributed by atoms with E-state index in [-0.39, 0.29) is 6.54 Å². The lowest BCUT2D eigenvalue weighted by molar-refractivity contribution is -0.906. The van der Waals surface area contributed by atoms with Crippen molar-refractivity contribution in [2.24, 2.45) is 0 Å². The molecule has 1 aliphatic heterocycles. The van der Waals surface area contributed by atoms with Crippen molar-refractivity contribution < 1.29 is 37.7 Å². The number of rotatable bonds is 6. The largest absolute Gasteiger partial charge is 0.748 e. The Bertz CT molecular complexity index is 456. The Labute approximate surface area is 116 Å². The van der Waals surface area contributed by atoms with Crippen molar-refractivity contribution in [2.45, 2.75) is 12.5 Å². The van der Waals surface area contributed by atoms with Crippen molar-refractivity contribution in [1.29, 1.82) is 0 Å². The molecule has 0 aromatic heterocycles. The Hall–Kier alpha value is -1.23. The summed E-state index contributed by atoms with van der Waals surface area (Å²) in [6.07, 6.45) is -1.90. The van der Waals surface area contributed by atoms with Gasteiger partial charge in [0.05, 0.1) is 54.4 Å². The lowest BCUT2D eigenvalue weighted by Crippen LogP contribution is -3.16. The topological polar surface area (TPSA) is 142 Å². The maximum atomic E-state index is 11.5. The first kappa shape index (κ1) is 16.8. The van der Waals surface area contributed by atoms with Gasteiger partial charge < -0.3 is 29.4 Å². The van der Waals surface area contributed by atoms with Gasteiger partial charge in [-0.15, -0.1) is 0 Å². The molecule has 1 fully saturated rings. The smallest absolute Gasteiger partial charge is 0.228 e. The molecule has 1 rings (SSSR count). The fourth-order valence-electron chi connectivity index (χ4n) is 2.14. The van der Waals surface area contributed by atoms with E-state index in [9.17, 15) is 32.8 Å². The molecule has 1 aliphatic rings. The molecule has 0 unspecified atom stereocenters. The molecule has 20 heavy (non-hydrogen) atoms. The number of quaternary nitrogens is 1. The Balaban J connectivity index is 2.35. The van der Waals surface area contributed by atoms with Gasteiger partial charge in [0, 0.05) is 0 Å². The second kappa shape index (κ2) is 6.97. The third kappa shape index (κ3) is 6.28.